The van der Waals surface area contributed by atoms with Crippen molar-refractivity contribution in [2.45, 2.75) is 18.1 Å². The Labute approximate surface area is 198 Å². The van der Waals surface area contributed by atoms with E-state index in [1.807, 2.05) is 0 Å². The second-order valence-corrected chi connectivity index (χ2v) is 9.18. The predicted octanol–water partition coefficient (Wildman–Crippen LogP) is 0.296. The molecule has 2 aromatic rings. The zero-order valence-corrected chi connectivity index (χ0v) is 18.3. The highest BCUT2D eigenvalue weighted by Crippen LogP contribution is 2.54. The maximum absolute atomic E-state index is 13.7. The van der Waals surface area contributed by atoms with Crippen molar-refractivity contribution in [1.29, 1.82) is 0 Å². The number of carbonyl (C=O) groups is 5. The number of fused-ring (bicyclic) bond motifs is 3. The number of benzene rings is 2. The van der Waals surface area contributed by atoms with Gasteiger partial charge in [-0.2, -0.15) is 0 Å². The highest BCUT2D eigenvalue weighted by Gasteiger charge is 2.69. The number of primary amides is 1. The summed E-state index contributed by atoms with van der Waals surface area (Å²) in [5.41, 5.74) is 3.36. The first-order valence-corrected chi connectivity index (χ1v) is 11.0. The Hall–Kier alpha value is -3.95. The van der Waals surface area contributed by atoms with E-state index in [1.54, 1.807) is 42.5 Å². The Kier molecular flexibility index (Phi) is 5.08. The van der Waals surface area contributed by atoms with Crippen LogP contribution in [0.4, 0.5) is 0 Å². The van der Waals surface area contributed by atoms with Crippen molar-refractivity contribution in [2.75, 3.05) is 0 Å². The summed E-state index contributed by atoms with van der Waals surface area (Å²) in [4.78, 5) is 64.6. The van der Waals surface area contributed by atoms with Gasteiger partial charge in [0.1, 0.15) is 5.75 Å². The number of phenolic OH excluding ortho intramolecular Hbond substituents is 1. The summed E-state index contributed by atoms with van der Waals surface area (Å²) >= 11 is 0. The lowest BCUT2D eigenvalue weighted by Gasteiger charge is -2.51. The minimum atomic E-state index is -2.95. The van der Waals surface area contributed by atoms with Crippen LogP contribution in [0.25, 0.3) is 11.6 Å². The van der Waals surface area contributed by atoms with Crippen LogP contribution < -0.4 is 5.73 Å². The third kappa shape index (κ3) is 3.05. The molecule has 5 N–H and O–H groups in total. The molecule has 2 aromatic carbocycles. The SMILES string of the molecule is NC(=O)C1C(=O)CC2C(O)C3/C(=C/c4ccccc4)c4cccc(O)c4C(=O)C3C(=O)C2(O)C1=O. The molecule has 2 fully saturated rings. The molecule has 35 heavy (non-hydrogen) atoms. The van der Waals surface area contributed by atoms with Crippen LogP contribution in [0, 0.1) is 23.7 Å². The third-order valence-electron chi connectivity index (χ3n) is 7.36. The number of hydrogen-bond donors (Lipinski definition) is 4. The molecule has 6 atom stereocenters. The number of aliphatic hydroxyl groups excluding tert-OH is 1. The highest BCUT2D eigenvalue weighted by molar-refractivity contribution is 6.32. The molecule has 1 amide bonds. The molecular weight excluding hydrogens is 454 g/mol. The van der Waals surface area contributed by atoms with Crippen molar-refractivity contribution in [2.24, 2.45) is 29.4 Å². The monoisotopic (exact) mass is 475 g/mol. The van der Waals surface area contributed by atoms with Gasteiger partial charge in [0.25, 0.3) is 0 Å². The molecule has 3 aliphatic carbocycles. The van der Waals surface area contributed by atoms with Gasteiger partial charge in [0, 0.05) is 18.3 Å². The fraction of sp³-hybridized carbons (Fsp3) is 0.269. The molecule has 178 valence electrons. The largest absolute Gasteiger partial charge is 0.507 e. The minimum absolute atomic E-state index is 0.177. The number of rotatable bonds is 2. The van der Waals surface area contributed by atoms with Gasteiger partial charge >= 0.3 is 0 Å². The third-order valence-corrected chi connectivity index (χ3v) is 7.36. The molecule has 0 saturated heterocycles. The Bertz CT molecular complexity index is 1350. The molecule has 0 bridgehead atoms. The average molecular weight is 475 g/mol. The lowest BCUT2D eigenvalue weighted by molar-refractivity contribution is -0.185. The molecule has 6 unspecified atom stereocenters. The summed E-state index contributed by atoms with van der Waals surface area (Å²) in [6.07, 6.45) is -0.660. The quantitative estimate of drug-likeness (QED) is 0.449. The van der Waals surface area contributed by atoms with Crippen LogP contribution in [-0.2, 0) is 19.2 Å². The van der Waals surface area contributed by atoms with Crippen LogP contribution in [-0.4, -0.2) is 56.1 Å². The molecule has 0 radical (unpaired) electrons. The maximum Gasteiger partial charge on any atom is 0.235 e. The van der Waals surface area contributed by atoms with Crippen LogP contribution in [0.1, 0.15) is 27.9 Å². The molecule has 3 aliphatic rings. The van der Waals surface area contributed by atoms with Crippen molar-refractivity contribution < 1.29 is 39.3 Å². The van der Waals surface area contributed by atoms with E-state index in [4.69, 9.17) is 5.73 Å². The van der Waals surface area contributed by atoms with Gasteiger partial charge in [-0.1, -0.05) is 48.5 Å². The van der Waals surface area contributed by atoms with Gasteiger partial charge in [-0.25, -0.2) is 0 Å². The first-order chi connectivity index (χ1) is 16.6. The summed E-state index contributed by atoms with van der Waals surface area (Å²) in [6.45, 7) is 0. The molecule has 0 aromatic heterocycles. The molecule has 2 saturated carbocycles. The number of amides is 1. The van der Waals surface area contributed by atoms with Crippen molar-refractivity contribution in [3.8, 4) is 5.75 Å². The van der Waals surface area contributed by atoms with Gasteiger partial charge in [-0.3, -0.25) is 24.0 Å². The van der Waals surface area contributed by atoms with E-state index in [0.29, 0.717) is 16.7 Å². The molecule has 0 heterocycles. The van der Waals surface area contributed by atoms with E-state index in [2.05, 4.69) is 0 Å². The zero-order valence-electron chi connectivity index (χ0n) is 18.3. The van der Waals surface area contributed by atoms with Crippen LogP contribution in [0.15, 0.2) is 48.5 Å². The maximum atomic E-state index is 13.7. The molecule has 5 rings (SSSR count). The fourth-order valence-electron chi connectivity index (χ4n) is 5.76. The number of carbonyl (C=O) groups excluding carboxylic acids is 5. The van der Waals surface area contributed by atoms with E-state index < -0.39 is 76.6 Å². The number of ketones is 4. The summed E-state index contributed by atoms with van der Waals surface area (Å²) < 4.78 is 0. The van der Waals surface area contributed by atoms with Gasteiger partial charge in [0.15, 0.2) is 34.7 Å². The summed E-state index contributed by atoms with van der Waals surface area (Å²) in [5.74, 6) is -12.7. The van der Waals surface area contributed by atoms with Crippen molar-refractivity contribution in [3.63, 3.8) is 0 Å². The normalized spacial score (nSPS) is 33.2. The van der Waals surface area contributed by atoms with Gasteiger partial charge in [-0.15, -0.1) is 0 Å². The van der Waals surface area contributed by atoms with Crippen molar-refractivity contribution in [3.05, 3.63) is 65.2 Å². The first kappa shape index (κ1) is 22.8. The number of Topliss-reactive ketones (excluding diaryl/α,β-unsaturated/α-hetero) is 4. The highest BCUT2D eigenvalue weighted by atomic mass is 16.3. The van der Waals surface area contributed by atoms with Gasteiger partial charge in [0.2, 0.25) is 5.91 Å². The van der Waals surface area contributed by atoms with E-state index >= 15 is 0 Å². The zero-order chi connectivity index (χ0) is 25.2. The van der Waals surface area contributed by atoms with Crippen molar-refractivity contribution in [1.82, 2.24) is 0 Å². The van der Waals surface area contributed by atoms with Crippen molar-refractivity contribution >= 4 is 40.7 Å². The van der Waals surface area contributed by atoms with Crippen LogP contribution in [0.5, 0.6) is 5.75 Å². The Morgan fingerprint density at radius 3 is 2.34 bits per heavy atom. The van der Waals surface area contributed by atoms with Gasteiger partial charge in [-0.05, 0) is 22.8 Å². The van der Waals surface area contributed by atoms with Crippen LogP contribution >= 0.6 is 0 Å². The van der Waals surface area contributed by atoms with Crippen LogP contribution in [0.2, 0.25) is 0 Å². The predicted molar refractivity (Wildman–Crippen MR) is 120 cm³/mol. The first-order valence-electron chi connectivity index (χ1n) is 11.0. The smallest absolute Gasteiger partial charge is 0.235 e. The standard InChI is InChI=1S/C26H21NO8/c27-25(34)19-16(29)10-14-21(30)18-13(9-11-5-2-1-3-6-11)12-7-4-8-15(28)17(12)22(31)20(18)24(33)26(14,35)23(19)32/h1-9,14,18-21,28,30,35H,10H2,(H2,27,34)/b13-9+. The van der Waals surface area contributed by atoms with E-state index in [-0.39, 0.29) is 5.56 Å². The molecule has 9 heteroatoms. The Morgan fingerprint density at radius 1 is 1.00 bits per heavy atom. The summed E-state index contributed by atoms with van der Waals surface area (Å²) in [5, 5.41) is 33.2. The van der Waals surface area contributed by atoms with Crippen LogP contribution in [0.3, 0.4) is 0 Å². The lowest BCUT2D eigenvalue weighted by Crippen LogP contribution is -2.72. The summed E-state index contributed by atoms with van der Waals surface area (Å²) in [6, 6.07) is 13.2. The number of hydrogen-bond acceptors (Lipinski definition) is 8. The second kappa shape index (κ2) is 7.79. The number of phenols is 1. The van der Waals surface area contributed by atoms with E-state index in [0.717, 1.165) is 0 Å². The fourth-order valence-corrected chi connectivity index (χ4v) is 5.76. The molecule has 0 aliphatic heterocycles. The Morgan fingerprint density at radius 2 is 1.69 bits per heavy atom. The summed E-state index contributed by atoms with van der Waals surface area (Å²) in [7, 11) is 0. The van der Waals surface area contributed by atoms with E-state index in [1.165, 1.54) is 12.1 Å². The lowest BCUT2D eigenvalue weighted by atomic mass is 9.51. The Balaban J connectivity index is 1.75. The van der Waals surface area contributed by atoms with Gasteiger partial charge in [0.05, 0.1) is 17.6 Å². The second-order valence-electron chi connectivity index (χ2n) is 9.18. The number of aromatic hydroxyl groups is 1. The average Bonchev–Trinajstić information content (AvgIpc) is 2.81. The van der Waals surface area contributed by atoms with Gasteiger partial charge < -0.3 is 21.1 Å². The number of aliphatic hydroxyl groups is 2. The molecular formula is C26H21NO8. The minimum Gasteiger partial charge on any atom is -0.507 e. The topological polar surface area (TPSA) is 172 Å². The van der Waals surface area contributed by atoms with E-state index in [9.17, 15) is 39.3 Å². The molecule has 0 spiro atoms. The number of nitrogens with two attached hydrogens (primary N) is 1. The molecule has 9 nitrogen and oxygen atoms in total.